The third-order valence-electron chi connectivity index (χ3n) is 3.47. The molecule has 0 aliphatic carbocycles. The van der Waals surface area contributed by atoms with Crippen LogP contribution in [-0.2, 0) is 6.18 Å². The summed E-state index contributed by atoms with van der Waals surface area (Å²) in [4.78, 5) is 15.3. The van der Waals surface area contributed by atoms with Crippen molar-refractivity contribution in [3.8, 4) is 11.4 Å². The number of alkyl halides is 3. The van der Waals surface area contributed by atoms with Crippen LogP contribution in [0.3, 0.4) is 0 Å². The quantitative estimate of drug-likeness (QED) is 0.900. The molecule has 1 aromatic heterocycles. The number of carbonyl (C=O) groups excluding carboxylic acids is 1. The highest BCUT2D eigenvalue weighted by atomic mass is 19.4. The molecule has 2 aromatic rings. The zero-order chi connectivity index (χ0) is 16.4. The molecule has 2 heterocycles. The van der Waals surface area contributed by atoms with E-state index in [1.54, 1.807) is 0 Å². The molecule has 1 aromatic carbocycles. The SMILES string of the molecule is O=C(N[C@@H]1CCNC1)c1ccc(-c2noc(C(F)(F)F)n2)cc1. The van der Waals surface area contributed by atoms with Gasteiger partial charge in [-0.2, -0.15) is 18.2 Å². The average Bonchev–Trinajstić information content (AvgIpc) is 3.18. The number of carbonyl (C=O) groups is 1. The van der Waals surface area contributed by atoms with Crippen LogP contribution in [0.25, 0.3) is 11.4 Å². The molecule has 0 unspecified atom stereocenters. The summed E-state index contributed by atoms with van der Waals surface area (Å²) in [5.74, 6) is -1.80. The number of hydrogen-bond donors (Lipinski definition) is 2. The fraction of sp³-hybridized carbons (Fsp3) is 0.357. The largest absolute Gasteiger partial charge is 0.471 e. The minimum Gasteiger partial charge on any atom is -0.348 e. The van der Waals surface area contributed by atoms with Gasteiger partial charge in [0.05, 0.1) is 0 Å². The molecule has 9 heteroatoms. The monoisotopic (exact) mass is 326 g/mol. The van der Waals surface area contributed by atoms with Crippen molar-refractivity contribution in [2.75, 3.05) is 13.1 Å². The number of amides is 1. The molecule has 1 aliphatic heterocycles. The number of nitrogens with one attached hydrogen (secondary N) is 2. The molecule has 122 valence electrons. The van der Waals surface area contributed by atoms with Crippen LogP contribution in [0.2, 0.25) is 0 Å². The van der Waals surface area contributed by atoms with E-state index in [-0.39, 0.29) is 17.8 Å². The van der Waals surface area contributed by atoms with Gasteiger partial charge in [0.2, 0.25) is 5.82 Å². The number of hydrogen-bond acceptors (Lipinski definition) is 5. The number of nitrogens with zero attached hydrogens (tertiary/aromatic N) is 2. The lowest BCUT2D eigenvalue weighted by atomic mass is 10.1. The van der Waals surface area contributed by atoms with Crippen molar-refractivity contribution in [2.24, 2.45) is 0 Å². The molecular formula is C14H13F3N4O2. The molecular weight excluding hydrogens is 313 g/mol. The summed E-state index contributed by atoms with van der Waals surface area (Å²) in [5.41, 5.74) is 0.753. The maximum atomic E-state index is 12.4. The zero-order valence-corrected chi connectivity index (χ0v) is 11.9. The van der Waals surface area contributed by atoms with Gasteiger partial charge in [0.25, 0.3) is 5.91 Å². The van der Waals surface area contributed by atoms with Crippen molar-refractivity contribution in [3.63, 3.8) is 0 Å². The molecule has 3 rings (SSSR count). The molecule has 6 nitrogen and oxygen atoms in total. The minimum atomic E-state index is -4.68. The van der Waals surface area contributed by atoms with E-state index in [1.165, 1.54) is 24.3 Å². The second kappa shape index (κ2) is 5.99. The van der Waals surface area contributed by atoms with E-state index in [9.17, 15) is 18.0 Å². The van der Waals surface area contributed by atoms with E-state index in [1.807, 2.05) is 0 Å². The number of aromatic nitrogens is 2. The molecule has 0 spiro atoms. The predicted molar refractivity (Wildman–Crippen MR) is 73.5 cm³/mol. The van der Waals surface area contributed by atoms with Crippen LogP contribution in [0.1, 0.15) is 22.7 Å². The van der Waals surface area contributed by atoms with Crippen LogP contribution >= 0.6 is 0 Å². The van der Waals surface area contributed by atoms with Gasteiger partial charge >= 0.3 is 12.1 Å². The van der Waals surface area contributed by atoms with Crippen molar-refractivity contribution < 1.29 is 22.5 Å². The summed E-state index contributed by atoms with van der Waals surface area (Å²) in [7, 11) is 0. The van der Waals surface area contributed by atoms with Gasteiger partial charge in [-0.05, 0) is 25.1 Å². The summed E-state index contributed by atoms with van der Waals surface area (Å²) in [6.07, 6.45) is -3.81. The summed E-state index contributed by atoms with van der Waals surface area (Å²) in [6, 6.07) is 6.07. The highest BCUT2D eigenvalue weighted by Crippen LogP contribution is 2.29. The molecule has 1 fully saturated rings. The topological polar surface area (TPSA) is 80.0 Å². The van der Waals surface area contributed by atoms with Crippen molar-refractivity contribution in [3.05, 3.63) is 35.7 Å². The fourth-order valence-electron chi connectivity index (χ4n) is 2.27. The fourth-order valence-corrected chi connectivity index (χ4v) is 2.27. The third-order valence-corrected chi connectivity index (χ3v) is 3.47. The van der Waals surface area contributed by atoms with Crippen LogP contribution in [0, 0.1) is 0 Å². The van der Waals surface area contributed by atoms with E-state index in [2.05, 4.69) is 25.3 Å². The van der Waals surface area contributed by atoms with Crippen molar-refractivity contribution in [1.82, 2.24) is 20.8 Å². The van der Waals surface area contributed by atoms with E-state index >= 15 is 0 Å². The smallest absolute Gasteiger partial charge is 0.348 e. The molecule has 2 N–H and O–H groups in total. The zero-order valence-electron chi connectivity index (χ0n) is 11.9. The summed E-state index contributed by atoms with van der Waals surface area (Å²) in [5, 5.41) is 9.31. The Morgan fingerprint density at radius 3 is 2.61 bits per heavy atom. The lowest BCUT2D eigenvalue weighted by Crippen LogP contribution is -2.36. The Bertz CT molecular complexity index is 691. The van der Waals surface area contributed by atoms with Crippen LogP contribution in [0.5, 0.6) is 0 Å². The van der Waals surface area contributed by atoms with Gasteiger partial charge in [-0.1, -0.05) is 17.3 Å². The van der Waals surface area contributed by atoms with E-state index in [4.69, 9.17) is 0 Å². The average molecular weight is 326 g/mol. The Kier molecular flexibility index (Phi) is 4.03. The minimum absolute atomic E-state index is 0.0914. The first-order valence-corrected chi connectivity index (χ1v) is 6.96. The van der Waals surface area contributed by atoms with Crippen LogP contribution in [0.4, 0.5) is 13.2 Å². The molecule has 0 radical (unpaired) electrons. The van der Waals surface area contributed by atoms with Crippen LogP contribution < -0.4 is 10.6 Å². The maximum absolute atomic E-state index is 12.4. The molecule has 0 saturated carbocycles. The Labute approximate surface area is 129 Å². The van der Waals surface area contributed by atoms with Gasteiger partial charge in [-0.3, -0.25) is 4.79 Å². The number of halogens is 3. The standard InChI is InChI=1S/C14H13F3N4O2/c15-14(16,17)13-20-11(21-23-13)8-1-3-9(4-2-8)12(22)19-10-5-6-18-7-10/h1-4,10,18H,5-7H2,(H,19,22)/t10-/m1/s1. The molecule has 1 saturated heterocycles. The van der Waals surface area contributed by atoms with Crippen LogP contribution in [-0.4, -0.2) is 35.2 Å². The van der Waals surface area contributed by atoms with E-state index in [0.717, 1.165) is 19.5 Å². The van der Waals surface area contributed by atoms with Gasteiger partial charge in [-0.15, -0.1) is 0 Å². The second-order valence-electron chi connectivity index (χ2n) is 5.16. The first-order valence-electron chi connectivity index (χ1n) is 6.96. The van der Waals surface area contributed by atoms with E-state index < -0.39 is 12.1 Å². The van der Waals surface area contributed by atoms with E-state index in [0.29, 0.717) is 11.1 Å². The highest BCUT2D eigenvalue weighted by Gasteiger charge is 2.38. The van der Waals surface area contributed by atoms with Gasteiger partial charge < -0.3 is 15.2 Å². The molecule has 1 aliphatic rings. The number of benzene rings is 1. The first-order chi connectivity index (χ1) is 10.9. The van der Waals surface area contributed by atoms with Gasteiger partial charge in [0, 0.05) is 23.7 Å². The normalized spacial score (nSPS) is 18.1. The summed E-state index contributed by atoms with van der Waals surface area (Å²) in [6.45, 7) is 1.59. The molecule has 0 bridgehead atoms. The maximum Gasteiger partial charge on any atom is 0.471 e. The Morgan fingerprint density at radius 1 is 1.30 bits per heavy atom. The molecule has 1 atom stereocenters. The lowest BCUT2D eigenvalue weighted by molar-refractivity contribution is -0.159. The van der Waals surface area contributed by atoms with Gasteiger partial charge in [0.15, 0.2) is 0 Å². The van der Waals surface area contributed by atoms with Gasteiger partial charge in [-0.25, -0.2) is 0 Å². The van der Waals surface area contributed by atoms with Crippen LogP contribution in [0.15, 0.2) is 28.8 Å². The number of rotatable bonds is 3. The van der Waals surface area contributed by atoms with Crippen molar-refractivity contribution >= 4 is 5.91 Å². The second-order valence-corrected chi connectivity index (χ2v) is 5.16. The molecule has 23 heavy (non-hydrogen) atoms. The Hall–Kier alpha value is -2.42. The lowest BCUT2D eigenvalue weighted by Gasteiger charge is -2.11. The Balaban J connectivity index is 1.71. The summed E-state index contributed by atoms with van der Waals surface area (Å²) < 4.78 is 41.5. The molecule has 1 amide bonds. The third kappa shape index (κ3) is 3.50. The van der Waals surface area contributed by atoms with Gasteiger partial charge in [0.1, 0.15) is 0 Å². The highest BCUT2D eigenvalue weighted by molar-refractivity contribution is 5.94. The Morgan fingerprint density at radius 2 is 2.04 bits per heavy atom. The van der Waals surface area contributed by atoms with Crippen molar-refractivity contribution in [2.45, 2.75) is 18.6 Å². The predicted octanol–water partition coefficient (Wildman–Crippen LogP) is 1.85. The first kappa shape index (κ1) is 15.5. The summed E-state index contributed by atoms with van der Waals surface area (Å²) >= 11 is 0. The van der Waals surface area contributed by atoms with Crippen molar-refractivity contribution in [1.29, 1.82) is 0 Å².